The summed E-state index contributed by atoms with van der Waals surface area (Å²) in [5, 5.41) is 0. The molecule has 0 aromatic heterocycles. The van der Waals surface area contributed by atoms with Crippen molar-refractivity contribution >= 4 is 11.6 Å². The Kier molecular flexibility index (Phi) is 16.7. The first kappa shape index (κ1) is 13.4. The molecule has 0 saturated carbocycles. The predicted molar refractivity (Wildman–Crippen MR) is 43.8 cm³/mol. The molecule has 0 aromatic carbocycles. The first-order valence-electron chi connectivity index (χ1n) is 3.77. The predicted octanol–water partition coefficient (Wildman–Crippen LogP) is 3.40. The van der Waals surface area contributed by atoms with Crippen molar-refractivity contribution in [2.75, 3.05) is 5.88 Å². The Morgan fingerprint density at radius 1 is 0.900 bits per heavy atom. The van der Waals surface area contributed by atoms with Crippen LogP contribution in [-0.2, 0) is 17.1 Å². The molecule has 0 aromatic rings. The summed E-state index contributed by atoms with van der Waals surface area (Å²) in [5.41, 5.74) is 0. The topological polar surface area (TPSA) is 0 Å². The van der Waals surface area contributed by atoms with E-state index in [2.05, 4.69) is 6.92 Å². The average molecular weight is 203 g/mol. The minimum absolute atomic E-state index is 0. The maximum Gasteiger partial charge on any atom is 0.0223 e. The van der Waals surface area contributed by atoms with Gasteiger partial charge in [-0.05, 0) is 6.42 Å². The van der Waals surface area contributed by atoms with Crippen molar-refractivity contribution in [1.29, 1.82) is 0 Å². The van der Waals surface area contributed by atoms with Crippen molar-refractivity contribution in [2.45, 2.75) is 38.5 Å². The van der Waals surface area contributed by atoms with Crippen molar-refractivity contribution in [2.24, 2.45) is 0 Å². The molecule has 10 heavy (non-hydrogen) atoms. The van der Waals surface area contributed by atoms with Crippen LogP contribution in [0.3, 0.4) is 0 Å². The van der Waals surface area contributed by atoms with E-state index in [1.807, 2.05) is 0 Å². The first-order chi connectivity index (χ1) is 4.41. The van der Waals surface area contributed by atoms with Crippen LogP contribution < -0.4 is 0 Å². The monoisotopic (exact) mass is 202 g/mol. The van der Waals surface area contributed by atoms with Crippen molar-refractivity contribution in [3.05, 3.63) is 6.92 Å². The fourth-order valence-corrected chi connectivity index (χ4v) is 0.991. The second kappa shape index (κ2) is 12.5. The van der Waals surface area contributed by atoms with Gasteiger partial charge in [0.1, 0.15) is 0 Å². The van der Waals surface area contributed by atoms with Gasteiger partial charge in [0.2, 0.25) is 0 Å². The minimum atomic E-state index is 0. The third-order valence-corrected chi connectivity index (χ3v) is 1.65. The number of hydrogen-bond donors (Lipinski definition) is 0. The van der Waals surface area contributed by atoms with Crippen LogP contribution in [-0.4, -0.2) is 5.88 Å². The third kappa shape index (κ3) is 11.6. The minimum Gasteiger partial charge on any atom is -0.343 e. The molecule has 0 spiro atoms. The zero-order valence-electron chi connectivity index (χ0n) is 6.41. The maximum absolute atomic E-state index is 5.50. The van der Waals surface area contributed by atoms with Crippen molar-refractivity contribution in [1.82, 2.24) is 0 Å². The van der Waals surface area contributed by atoms with Gasteiger partial charge < -0.3 is 6.92 Å². The van der Waals surface area contributed by atoms with Crippen LogP contribution in [0.1, 0.15) is 38.5 Å². The molecular formula is C8H16ClMn-. The van der Waals surface area contributed by atoms with Gasteiger partial charge in [0.25, 0.3) is 0 Å². The van der Waals surface area contributed by atoms with Crippen LogP contribution in [0.4, 0.5) is 0 Å². The quantitative estimate of drug-likeness (QED) is 0.268. The molecule has 1 radical (unpaired) electrons. The number of halogens is 1. The van der Waals surface area contributed by atoms with E-state index in [0.717, 1.165) is 12.3 Å². The molecule has 0 atom stereocenters. The molecule has 0 N–H and O–H groups in total. The molecule has 0 aliphatic carbocycles. The molecule has 0 nitrogen and oxygen atoms in total. The van der Waals surface area contributed by atoms with E-state index >= 15 is 0 Å². The molecule has 0 aliphatic heterocycles. The van der Waals surface area contributed by atoms with Gasteiger partial charge in [0.15, 0.2) is 0 Å². The number of alkyl halides is 1. The molecule has 0 amide bonds. The number of rotatable bonds is 6. The van der Waals surface area contributed by atoms with Gasteiger partial charge in [-0.15, -0.1) is 11.6 Å². The van der Waals surface area contributed by atoms with Crippen LogP contribution in [0.2, 0.25) is 0 Å². The molecule has 0 saturated heterocycles. The van der Waals surface area contributed by atoms with Gasteiger partial charge in [-0.3, -0.25) is 0 Å². The molecular weight excluding hydrogens is 186 g/mol. The fraction of sp³-hybridized carbons (Fsp3) is 0.875. The summed E-state index contributed by atoms with van der Waals surface area (Å²) in [5.74, 6) is 0.824. The Balaban J connectivity index is 0. The molecule has 0 unspecified atom stereocenters. The molecule has 0 fully saturated rings. The molecule has 0 heterocycles. The van der Waals surface area contributed by atoms with Crippen molar-refractivity contribution in [3.8, 4) is 0 Å². The number of unbranched alkanes of at least 4 members (excludes halogenated alkanes) is 5. The van der Waals surface area contributed by atoms with E-state index in [1.165, 1.54) is 32.1 Å². The van der Waals surface area contributed by atoms with Crippen molar-refractivity contribution in [3.63, 3.8) is 0 Å². The second-order valence-corrected chi connectivity index (χ2v) is 2.69. The van der Waals surface area contributed by atoms with Gasteiger partial charge in [-0.1, -0.05) is 25.7 Å². The van der Waals surface area contributed by atoms with E-state index in [-0.39, 0.29) is 17.1 Å². The van der Waals surface area contributed by atoms with Crippen LogP contribution in [0.5, 0.6) is 0 Å². The smallest absolute Gasteiger partial charge is 0.0223 e. The zero-order valence-corrected chi connectivity index (χ0v) is 8.35. The zero-order chi connectivity index (χ0) is 6.95. The second-order valence-electron chi connectivity index (χ2n) is 2.31. The molecule has 63 valence electrons. The van der Waals surface area contributed by atoms with Gasteiger partial charge in [0, 0.05) is 22.9 Å². The number of hydrogen-bond acceptors (Lipinski definition) is 0. The summed E-state index contributed by atoms with van der Waals surface area (Å²) in [6.45, 7) is 3.78. The Morgan fingerprint density at radius 2 is 1.40 bits per heavy atom. The standard InChI is InChI=1S/C8H16Cl.Mn/c1-2-3-4-5-6-7-8-9;/h1-8H2;/q-1;. The Labute approximate surface area is 80.2 Å². The summed E-state index contributed by atoms with van der Waals surface area (Å²) >= 11 is 5.50. The maximum atomic E-state index is 5.50. The Bertz CT molecular complexity index is 42.5. The van der Waals surface area contributed by atoms with Gasteiger partial charge in [-0.2, -0.15) is 6.42 Å². The van der Waals surface area contributed by atoms with E-state index in [4.69, 9.17) is 11.6 Å². The first-order valence-corrected chi connectivity index (χ1v) is 4.30. The van der Waals surface area contributed by atoms with Gasteiger partial charge in [-0.25, -0.2) is 0 Å². The summed E-state index contributed by atoms with van der Waals surface area (Å²) < 4.78 is 0. The van der Waals surface area contributed by atoms with Crippen LogP contribution >= 0.6 is 11.6 Å². The van der Waals surface area contributed by atoms with Gasteiger partial charge >= 0.3 is 0 Å². The molecule has 0 aliphatic rings. The summed E-state index contributed by atoms with van der Waals surface area (Å²) in [6.07, 6.45) is 7.51. The van der Waals surface area contributed by atoms with Crippen LogP contribution in [0.15, 0.2) is 0 Å². The van der Waals surface area contributed by atoms with Gasteiger partial charge in [0.05, 0.1) is 0 Å². The average Bonchev–Trinajstić information content (AvgIpc) is 1.89. The summed E-state index contributed by atoms with van der Waals surface area (Å²) in [6, 6.07) is 0. The fourth-order valence-electron chi connectivity index (χ4n) is 0.802. The van der Waals surface area contributed by atoms with Crippen molar-refractivity contribution < 1.29 is 17.1 Å². The Morgan fingerprint density at radius 3 is 1.90 bits per heavy atom. The summed E-state index contributed by atoms with van der Waals surface area (Å²) in [4.78, 5) is 0. The largest absolute Gasteiger partial charge is 0.343 e. The SMILES string of the molecule is [CH2-]CCCCCCCCl.[Mn]. The third-order valence-electron chi connectivity index (χ3n) is 1.38. The Hall–Kier alpha value is 0.809. The van der Waals surface area contributed by atoms with Crippen LogP contribution in [0.25, 0.3) is 0 Å². The van der Waals surface area contributed by atoms with Crippen LogP contribution in [0, 0.1) is 6.92 Å². The normalized spacial score (nSPS) is 9.00. The van der Waals surface area contributed by atoms with E-state index < -0.39 is 0 Å². The van der Waals surface area contributed by atoms with E-state index in [1.54, 1.807) is 0 Å². The molecule has 0 bridgehead atoms. The van der Waals surface area contributed by atoms with E-state index in [9.17, 15) is 0 Å². The molecule has 2 heteroatoms. The molecule has 0 rings (SSSR count). The van der Waals surface area contributed by atoms with E-state index in [0.29, 0.717) is 0 Å². The summed E-state index contributed by atoms with van der Waals surface area (Å²) in [7, 11) is 0.